The Morgan fingerprint density at radius 1 is 1.28 bits per heavy atom. The van der Waals surface area contributed by atoms with Gasteiger partial charge in [-0.2, -0.15) is 0 Å². The number of halogens is 1. The van der Waals surface area contributed by atoms with Gasteiger partial charge in [0.05, 0.1) is 0 Å². The van der Waals surface area contributed by atoms with Crippen molar-refractivity contribution in [2.45, 2.75) is 12.8 Å². The summed E-state index contributed by atoms with van der Waals surface area (Å²) >= 11 is 6.17. The number of rotatable bonds is 4. The van der Waals surface area contributed by atoms with Gasteiger partial charge in [-0.25, -0.2) is 0 Å². The lowest BCUT2D eigenvalue weighted by molar-refractivity contribution is 0.914. The van der Waals surface area contributed by atoms with Gasteiger partial charge >= 0.3 is 0 Å². The third kappa shape index (κ3) is 2.87. The molecule has 3 N–H and O–H groups in total. The fraction of sp³-hybridized carbons (Fsp3) is 0.143. The molecule has 0 saturated heterocycles. The van der Waals surface area contributed by atoms with Crippen LogP contribution in [-0.4, -0.2) is 11.2 Å². The first-order chi connectivity index (χ1) is 8.70. The van der Waals surface area contributed by atoms with Gasteiger partial charge < -0.3 is 11.1 Å². The van der Waals surface area contributed by atoms with Gasteiger partial charge in [-0.15, -0.1) is 0 Å². The summed E-state index contributed by atoms with van der Waals surface area (Å²) < 4.78 is 0. The Hall–Kier alpha value is -1.87. The van der Waals surface area contributed by atoms with E-state index in [1.807, 2.05) is 24.3 Å². The number of nitrogens with zero attached hydrogens (tertiary/aromatic N) is 1. The lowest BCUT2D eigenvalue weighted by Crippen LogP contribution is -1.99. The van der Waals surface area contributed by atoms with Gasteiger partial charge in [0, 0.05) is 34.4 Å². The molecule has 0 aliphatic heterocycles. The Bertz CT molecular complexity index is 552. The lowest BCUT2D eigenvalue weighted by atomic mass is 10.0. The molecule has 0 aliphatic rings. The van der Waals surface area contributed by atoms with Gasteiger partial charge in [0.1, 0.15) is 0 Å². The van der Waals surface area contributed by atoms with Crippen LogP contribution in [0.1, 0.15) is 16.8 Å². The quantitative estimate of drug-likeness (QED) is 0.655. The molecule has 0 fully saturated rings. The van der Waals surface area contributed by atoms with E-state index in [1.54, 1.807) is 12.3 Å². The van der Waals surface area contributed by atoms with Crippen molar-refractivity contribution in [3.05, 3.63) is 58.4 Å². The molecule has 18 heavy (non-hydrogen) atoms. The molecular formula is C14H14ClN3. The van der Waals surface area contributed by atoms with Crippen LogP contribution in [0.15, 0.2) is 36.5 Å². The maximum atomic E-state index is 7.21. The molecule has 0 atom stereocenters. The van der Waals surface area contributed by atoms with E-state index in [-0.39, 0.29) is 0 Å². The van der Waals surface area contributed by atoms with E-state index in [4.69, 9.17) is 22.7 Å². The van der Waals surface area contributed by atoms with Crippen molar-refractivity contribution in [1.29, 1.82) is 5.41 Å². The molecule has 0 saturated carbocycles. The highest BCUT2D eigenvalue weighted by Gasteiger charge is 2.06. The Morgan fingerprint density at radius 3 is 2.78 bits per heavy atom. The fourth-order valence-corrected chi connectivity index (χ4v) is 2.04. The molecule has 3 nitrogen and oxygen atoms in total. The SMILES string of the molecule is N=Cc1cc(Cl)c(CCc2ccccn2)cc1N. The number of pyridine rings is 1. The number of benzene rings is 1. The van der Waals surface area contributed by atoms with Gasteiger partial charge in [-0.1, -0.05) is 17.7 Å². The van der Waals surface area contributed by atoms with E-state index in [9.17, 15) is 0 Å². The van der Waals surface area contributed by atoms with E-state index < -0.39 is 0 Å². The van der Waals surface area contributed by atoms with Crippen molar-refractivity contribution in [2.24, 2.45) is 0 Å². The number of aromatic nitrogens is 1. The standard InChI is InChI=1S/C14H14ClN3/c15-13-7-11(9-16)14(17)8-10(13)4-5-12-3-1-2-6-18-12/h1-3,6-9,16H,4-5,17H2. The third-order valence-corrected chi connectivity index (χ3v) is 3.14. The predicted molar refractivity (Wildman–Crippen MR) is 75.4 cm³/mol. The first-order valence-corrected chi connectivity index (χ1v) is 6.07. The highest BCUT2D eigenvalue weighted by molar-refractivity contribution is 6.31. The Labute approximate surface area is 111 Å². The number of anilines is 1. The van der Waals surface area contributed by atoms with Gasteiger partial charge in [-0.05, 0) is 42.7 Å². The molecule has 0 amide bonds. The van der Waals surface area contributed by atoms with Crippen molar-refractivity contribution < 1.29 is 0 Å². The van der Waals surface area contributed by atoms with Gasteiger partial charge in [0.25, 0.3) is 0 Å². The average Bonchev–Trinajstić information content (AvgIpc) is 2.40. The van der Waals surface area contributed by atoms with Crippen LogP contribution in [0.4, 0.5) is 5.69 Å². The molecule has 0 bridgehead atoms. The average molecular weight is 260 g/mol. The first kappa shape index (κ1) is 12.6. The number of nitrogens with two attached hydrogens (primary N) is 1. The number of hydrogen-bond donors (Lipinski definition) is 2. The number of hydrogen-bond acceptors (Lipinski definition) is 3. The second-order valence-electron chi connectivity index (χ2n) is 4.04. The maximum absolute atomic E-state index is 7.21. The minimum Gasteiger partial charge on any atom is -0.398 e. The second-order valence-corrected chi connectivity index (χ2v) is 4.45. The minimum atomic E-state index is 0.588. The fourth-order valence-electron chi connectivity index (χ4n) is 1.78. The van der Waals surface area contributed by atoms with E-state index in [0.29, 0.717) is 16.3 Å². The zero-order chi connectivity index (χ0) is 13.0. The molecule has 2 aromatic rings. The molecule has 0 unspecified atom stereocenters. The molecule has 0 radical (unpaired) electrons. The molecule has 4 heteroatoms. The lowest BCUT2D eigenvalue weighted by Gasteiger charge is -2.08. The largest absolute Gasteiger partial charge is 0.398 e. The summed E-state index contributed by atoms with van der Waals surface area (Å²) in [6.07, 6.45) is 4.61. The zero-order valence-corrected chi connectivity index (χ0v) is 10.6. The summed E-state index contributed by atoms with van der Waals surface area (Å²) in [5, 5.41) is 7.87. The summed E-state index contributed by atoms with van der Waals surface area (Å²) in [6.45, 7) is 0. The molecule has 1 heterocycles. The summed E-state index contributed by atoms with van der Waals surface area (Å²) in [7, 11) is 0. The molecular weight excluding hydrogens is 246 g/mol. The van der Waals surface area contributed by atoms with Crippen molar-refractivity contribution in [1.82, 2.24) is 4.98 Å². The summed E-state index contributed by atoms with van der Waals surface area (Å²) in [6, 6.07) is 9.43. The Kier molecular flexibility index (Phi) is 3.95. The predicted octanol–water partition coefficient (Wildman–Crippen LogP) is 3.10. The van der Waals surface area contributed by atoms with Crippen LogP contribution >= 0.6 is 11.6 Å². The molecule has 0 aliphatic carbocycles. The minimum absolute atomic E-state index is 0.588. The zero-order valence-electron chi connectivity index (χ0n) is 9.86. The van der Waals surface area contributed by atoms with Crippen molar-refractivity contribution in [3.63, 3.8) is 0 Å². The van der Waals surface area contributed by atoms with Crippen LogP contribution in [-0.2, 0) is 12.8 Å². The highest BCUT2D eigenvalue weighted by Crippen LogP contribution is 2.23. The normalized spacial score (nSPS) is 10.3. The molecule has 92 valence electrons. The van der Waals surface area contributed by atoms with E-state index >= 15 is 0 Å². The van der Waals surface area contributed by atoms with Crippen molar-refractivity contribution in [3.8, 4) is 0 Å². The third-order valence-electron chi connectivity index (χ3n) is 2.78. The van der Waals surface area contributed by atoms with E-state index in [1.165, 1.54) is 6.21 Å². The van der Waals surface area contributed by atoms with Gasteiger partial charge in [0.2, 0.25) is 0 Å². The monoisotopic (exact) mass is 259 g/mol. The number of aryl methyl sites for hydroxylation is 2. The topological polar surface area (TPSA) is 62.8 Å². The van der Waals surface area contributed by atoms with Crippen molar-refractivity contribution in [2.75, 3.05) is 5.73 Å². The van der Waals surface area contributed by atoms with Crippen LogP contribution in [0.2, 0.25) is 5.02 Å². The highest BCUT2D eigenvalue weighted by atomic mass is 35.5. The van der Waals surface area contributed by atoms with E-state index in [0.717, 1.165) is 24.1 Å². The summed E-state index contributed by atoms with van der Waals surface area (Å²) in [4.78, 5) is 4.27. The Balaban J connectivity index is 2.15. The van der Waals surface area contributed by atoms with Crippen LogP contribution in [0, 0.1) is 5.41 Å². The molecule has 2 rings (SSSR count). The van der Waals surface area contributed by atoms with Gasteiger partial charge in [0.15, 0.2) is 0 Å². The van der Waals surface area contributed by atoms with E-state index in [2.05, 4.69) is 4.98 Å². The number of nitrogens with one attached hydrogen (secondary N) is 1. The first-order valence-electron chi connectivity index (χ1n) is 5.69. The smallest absolute Gasteiger partial charge is 0.0446 e. The van der Waals surface area contributed by atoms with Crippen LogP contribution in [0.25, 0.3) is 0 Å². The van der Waals surface area contributed by atoms with Crippen LogP contribution in [0.3, 0.4) is 0 Å². The maximum Gasteiger partial charge on any atom is 0.0446 e. The van der Waals surface area contributed by atoms with Crippen LogP contribution < -0.4 is 5.73 Å². The van der Waals surface area contributed by atoms with Gasteiger partial charge in [-0.3, -0.25) is 4.98 Å². The second kappa shape index (κ2) is 5.65. The molecule has 1 aromatic carbocycles. The summed E-state index contributed by atoms with van der Waals surface area (Å²) in [5.74, 6) is 0. The van der Waals surface area contributed by atoms with Crippen molar-refractivity contribution >= 4 is 23.5 Å². The van der Waals surface area contributed by atoms with Crippen LogP contribution in [0.5, 0.6) is 0 Å². The molecule has 0 spiro atoms. The number of nitrogen functional groups attached to an aromatic ring is 1. The summed E-state index contributed by atoms with van der Waals surface area (Å²) in [5.41, 5.74) is 9.11. The Morgan fingerprint density at radius 2 is 2.11 bits per heavy atom. The molecule has 1 aromatic heterocycles.